The molecule has 0 unspecified atom stereocenters. The van der Waals surface area contributed by atoms with Crippen LogP contribution < -0.4 is 5.32 Å². The Morgan fingerprint density at radius 2 is 1.86 bits per heavy atom. The molecule has 0 aliphatic heterocycles. The van der Waals surface area contributed by atoms with Crippen LogP contribution >= 0.6 is 0 Å². The zero-order chi connectivity index (χ0) is 14.9. The van der Waals surface area contributed by atoms with Gasteiger partial charge in [-0.3, -0.25) is 4.79 Å². The molecule has 2 rings (SSSR count). The Morgan fingerprint density at radius 1 is 1.10 bits per heavy atom. The highest BCUT2D eigenvalue weighted by atomic mass is 16.1. The maximum atomic E-state index is 11.9. The summed E-state index contributed by atoms with van der Waals surface area (Å²) >= 11 is 0. The van der Waals surface area contributed by atoms with Gasteiger partial charge in [-0.05, 0) is 6.42 Å². The monoisotopic (exact) mass is 290 g/mol. The lowest BCUT2D eigenvalue weighted by molar-refractivity contribution is -0.116. The number of unbranched alkanes of at least 4 members (excludes halogenated alkanes) is 6. The lowest BCUT2D eigenvalue weighted by Crippen LogP contribution is -2.12. The molecule has 0 radical (unpaired) electrons. The third-order valence-corrected chi connectivity index (χ3v) is 3.39. The topological polar surface area (TPSA) is 96.5 Å². The average molecular weight is 290 g/mol. The second-order valence-corrected chi connectivity index (χ2v) is 5.14. The Hall–Kier alpha value is -2.05. The minimum absolute atomic E-state index is 0.0356. The van der Waals surface area contributed by atoms with Gasteiger partial charge in [0.15, 0.2) is 11.3 Å². The number of hydrogen-bond donors (Lipinski definition) is 2. The number of H-pyrrole nitrogens is 1. The number of aromatic amines is 1. The summed E-state index contributed by atoms with van der Waals surface area (Å²) in [7, 11) is 0. The second kappa shape index (κ2) is 8.28. The number of amides is 1. The first kappa shape index (κ1) is 15.3. The van der Waals surface area contributed by atoms with Crippen LogP contribution in [0.3, 0.4) is 0 Å². The highest BCUT2D eigenvalue weighted by Gasteiger charge is 2.10. The third-order valence-electron chi connectivity index (χ3n) is 3.39. The SMILES string of the molecule is CCCCCCCCCC(=O)Nc1ncnc2n[nH]nc12. The van der Waals surface area contributed by atoms with Crippen molar-refractivity contribution in [3.8, 4) is 0 Å². The van der Waals surface area contributed by atoms with Crippen molar-refractivity contribution in [3.63, 3.8) is 0 Å². The molecule has 2 heterocycles. The standard InChI is InChI=1S/C14H22N6O/c1-2-3-4-5-6-7-8-9-11(21)17-13-12-14(16-10-15-13)19-20-18-12/h10H,2-9H2,1H3,(H2,15,16,17,18,19,20,21). The van der Waals surface area contributed by atoms with E-state index in [1.807, 2.05) is 0 Å². The van der Waals surface area contributed by atoms with Crippen LogP contribution in [0.25, 0.3) is 11.2 Å². The van der Waals surface area contributed by atoms with E-state index in [0.717, 1.165) is 12.8 Å². The molecule has 0 aliphatic rings. The molecule has 7 nitrogen and oxygen atoms in total. The fourth-order valence-corrected chi connectivity index (χ4v) is 2.21. The van der Waals surface area contributed by atoms with Gasteiger partial charge in [0.1, 0.15) is 6.33 Å². The summed E-state index contributed by atoms with van der Waals surface area (Å²) in [5, 5.41) is 13.0. The molecule has 0 aromatic carbocycles. The van der Waals surface area contributed by atoms with Crippen LogP contribution in [0, 0.1) is 0 Å². The van der Waals surface area contributed by atoms with Crippen molar-refractivity contribution < 1.29 is 4.79 Å². The summed E-state index contributed by atoms with van der Waals surface area (Å²) in [6, 6.07) is 0. The van der Waals surface area contributed by atoms with Gasteiger partial charge < -0.3 is 5.32 Å². The predicted octanol–water partition coefficient (Wildman–Crippen LogP) is 2.83. The second-order valence-electron chi connectivity index (χ2n) is 5.14. The molecule has 0 saturated carbocycles. The molecule has 0 spiro atoms. The van der Waals surface area contributed by atoms with Crippen LogP contribution in [0.15, 0.2) is 6.33 Å². The Labute approximate surface area is 123 Å². The maximum absolute atomic E-state index is 11.9. The molecule has 2 N–H and O–H groups in total. The molecule has 114 valence electrons. The molecule has 2 aromatic rings. The van der Waals surface area contributed by atoms with Crippen LogP contribution in [-0.2, 0) is 4.79 Å². The summed E-state index contributed by atoms with van der Waals surface area (Å²) in [5.74, 6) is 0.383. The predicted molar refractivity (Wildman–Crippen MR) is 80.7 cm³/mol. The summed E-state index contributed by atoms with van der Waals surface area (Å²) < 4.78 is 0. The Bertz CT molecular complexity index is 567. The third kappa shape index (κ3) is 4.77. The fourth-order valence-electron chi connectivity index (χ4n) is 2.21. The van der Waals surface area contributed by atoms with E-state index in [9.17, 15) is 4.79 Å². The minimum Gasteiger partial charge on any atom is -0.309 e. The number of nitrogens with zero attached hydrogens (tertiary/aromatic N) is 4. The first-order chi connectivity index (χ1) is 10.3. The Morgan fingerprint density at radius 3 is 2.67 bits per heavy atom. The lowest BCUT2D eigenvalue weighted by Gasteiger charge is -2.04. The number of nitrogens with one attached hydrogen (secondary N) is 2. The highest BCUT2D eigenvalue weighted by Crippen LogP contribution is 2.14. The molecule has 21 heavy (non-hydrogen) atoms. The molecule has 0 bridgehead atoms. The lowest BCUT2D eigenvalue weighted by atomic mass is 10.1. The summed E-state index contributed by atoms with van der Waals surface area (Å²) in [5.41, 5.74) is 0.946. The molecule has 0 atom stereocenters. The number of aromatic nitrogens is 5. The molecule has 0 saturated heterocycles. The van der Waals surface area contributed by atoms with Crippen LogP contribution in [-0.4, -0.2) is 31.3 Å². The van der Waals surface area contributed by atoms with Gasteiger partial charge in [-0.1, -0.05) is 45.4 Å². The van der Waals surface area contributed by atoms with Crippen molar-refractivity contribution >= 4 is 22.9 Å². The van der Waals surface area contributed by atoms with E-state index >= 15 is 0 Å². The van der Waals surface area contributed by atoms with Gasteiger partial charge in [-0.2, -0.15) is 10.3 Å². The highest BCUT2D eigenvalue weighted by molar-refractivity contribution is 5.96. The van der Waals surface area contributed by atoms with Crippen LogP contribution in [0.5, 0.6) is 0 Å². The summed E-state index contributed by atoms with van der Waals surface area (Å²) in [6.07, 6.45) is 10.2. The quantitative estimate of drug-likeness (QED) is 0.692. The molecule has 7 heteroatoms. The summed E-state index contributed by atoms with van der Waals surface area (Å²) in [4.78, 5) is 19.9. The summed E-state index contributed by atoms with van der Waals surface area (Å²) in [6.45, 7) is 2.21. The van der Waals surface area contributed by atoms with Crippen LogP contribution in [0.4, 0.5) is 5.82 Å². The molecular weight excluding hydrogens is 268 g/mol. The number of rotatable bonds is 9. The van der Waals surface area contributed by atoms with Gasteiger partial charge >= 0.3 is 0 Å². The largest absolute Gasteiger partial charge is 0.309 e. The number of hydrogen-bond acceptors (Lipinski definition) is 5. The van der Waals surface area contributed by atoms with E-state index < -0.39 is 0 Å². The average Bonchev–Trinajstić information content (AvgIpc) is 2.96. The molecule has 0 fully saturated rings. The van der Waals surface area contributed by atoms with E-state index in [0.29, 0.717) is 23.4 Å². The van der Waals surface area contributed by atoms with E-state index in [1.165, 1.54) is 38.4 Å². The van der Waals surface area contributed by atoms with Crippen LogP contribution in [0.2, 0.25) is 0 Å². The van der Waals surface area contributed by atoms with E-state index in [1.54, 1.807) is 0 Å². The van der Waals surface area contributed by atoms with E-state index in [2.05, 4.69) is 37.6 Å². The molecule has 2 aromatic heterocycles. The van der Waals surface area contributed by atoms with E-state index in [4.69, 9.17) is 0 Å². The maximum Gasteiger partial charge on any atom is 0.225 e. The molecular formula is C14H22N6O. The van der Waals surface area contributed by atoms with Crippen molar-refractivity contribution in [2.75, 3.05) is 5.32 Å². The van der Waals surface area contributed by atoms with Gasteiger partial charge in [0.25, 0.3) is 0 Å². The Balaban J connectivity index is 1.69. The molecule has 1 amide bonds. The van der Waals surface area contributed by atoms with Crippen LogP contribution in [0.1, 0.15) is 58.3 Å². The van der Waals surface area contributed by atoms with Crippen molar-refractivity contribution in [3.05, 3.63) is 6.33 Å². The molecule has 0 aliphatic carbocycles. The number of anilines is 1. The number of carbonyl (C=O) groups excluding carboxylic acids is 1. The van der Waals surface area contributed by atoms with Crippen molar-refractivity contribution in [2.24, 2.45) is 0 Å². The number of fused-ring (bicyclic) bond motifs is 1. The van der Waals surface area contributed by atoms with E-state index in [-0.39, 0.29) is 5.91 Å². The minimum atomic E-state index is -0.0356. The van der Waals surface area contributed by atoms with Crippen molar-refractivity contribution in [1.82, 2.24) is 25.4 Å². The zero-order valence-corrected chi connectivity index (χ0v) is 12.4. The van der Waals surface area contributed by atoms with Crippen molar-refractivity contribution in [1.29, 1.82) is 0 Å². The Kier molecular flexibility index (Phi) is 6.05. The number of carbonyl (C=O) groups is 1. The van der Waals surface area contributed by atoms with Gasteiger partial charge in [0.2, 0.25) is 11.6 Å². The van der Waals surface area contributed by atoms with Gasteiger partial charge in [0, 0.05) is 6.42 Å². The van der Waals surface area contributed by atoms with Gasteiger partial charge in [-0.15, -0.1) is 5.10 Å². The van der Waals surface area contributed by atoms with Gasteiger partial charge in [0.05, 0.1) is 0 Å². The smallest absolute Gasteiger partial charge is 0.225 e. The fraction of sp³-hybridized carbons (Fsp3) is 0.643. The normalized spacial score (nSPS) is 10.9. The zero-order valence-electron chi connectivity index (χ0n) is 12.4. The first-order valence-electron chi connectivity index (χ1n) is 7.62. The van der Waals surface area contributed by atoms with Gasteiger partial charge in [-0.25, -0.2) is 9.97 Å². The van der Waals surface area contributed by atoms with Crippen molar-refractivity contribution in [2.45, 2.75) is 58.3 Å². The first-order valence-corrected chi connectivity index (χ1v) is 7.62.